The second kappa shape index (κ2) is 9.12. The van der Waals surface area contributed by atoms with E-state index in [0.29, 0.717) is 28.6 Å². The maximum atomic E-state index is 13.3. The van der Waals surface area contributed by atoms with Crippen LogP contribution in [0.2, 0.25) is 5.02 Å². The van der Waals surface area contributed by atoms with Gasteiger partial charge in [0, 0.05) is 11.3 Å². The first kappa shape index (κ1) is 22.6. The summed E-state index contributed by atoms with van der Waals surface area (Å²) < 4.78 is 5.54. The number of carbonyl (C=O) groups is 2. The molecule has 33 heavy (non-hydrogen) atoms. The van der Waals surface area contributed by atoms with E-state index in [1.54, 1.807) is 18.2 Å². The molecular formula is C27H24ClNO4. The highest BCUT2D eigenvalue weighted by Gasteiger charge is 2.47. The van der Waals surface area contributed by atoms with Crippen LogP contribution in [-0.4, -0.2) is 23.4 Å². The molecule has 6 heteroatoms. The highest BCUT2D eigenvalue weighted by Crippen LogP contribution is 2.43. The third kappa shape index (κ3) is 4.12. The Balaban J connectivity index is 1.94. The number of hydrogen-bond acceptors (Lipinski definition) is 4. The maximum absolute atomic E-state index is 13.3. The zero-order valence-electron chi connectivity index (χ0n) is 18.6. The Bertz CT molecular complexity index is 1270. The van der Waals surface area contributed by atoms with E-state index in [1.807, 2.05) is 69.3 Å². The van der Waals surface area contributed by atoms with Gasteiger partial charge in [0.25, 0.3) is 11.7 Å². The number of halogens is 1. The second-order valence-electron chi connectivity index (χ2n) is 7.95. The van der Waals surface area contributed by atoms with E-state index in [4.69, 9.17) is 16.3 Å². The molecule has 1 atom stereocenters. The van der Waals surface area contributed by atoms with Crippen LogP contribution in [0.3, 0.4) is 0 Å². The van der Waals surface area contributed by atoms with Crippen molar-refractivity contribution < 1.29 is 19.4 Å². The van der Waals surface area contributed by atoms with Crippen LogP contribution < -0.4 is 9.64 Å². The van der Waals surface area contributed by atoms with Gasteiger partial charge in [-0.2, -0.15) is 0 Å². The first-order chi connectivity index (χ1) is 15.8. The lowest BCUT2D eigenvalue weighted by Gasteiger charge is -2.27. The van der Waals surface area contributed by atoms with Gasteiger partial charge in [0.2, 0.25) is 0 Å². The van der Waals surface area contributed by atoms with Crippen LogP contribution in [0.15, 0.2) is 72.3 Å². The molecule has 168 valence electrons. The highest BCUT2D eigenvalue weighted by molar-refractivity contribution is 6.51. The van der Waals surface area contributed by atoms with Gasteiger partial charge in [-0.15, -0.1) is 0 Å². The number of aryl methyl sites for hydroxylation is 2. The number of carbonyl (C=O) groups excluding carboxylic acids is 2. The third-order valence-corrected chi connectivity index (χ3v) is 5.99. The predicted molar refractivity (Wildman–Crippen MR) is 130 cm³/mol. The van der Waals surface area contributed by atoms with Crippen molar-refractivity contribution in [2.24, 2.45) is 0 Å². The van der Waals surface area contributed by atoms with Gasteiger partial charge in [-0.25, -0.2) is 0 Å². The Morgan fingerprint density at radius 1 is 1.03 bits per heavy atom. The Morgan fingerprint density at radius 2 is 1.76 bits per heavy atom. The molecule has 0 bridgehead atoms. The molecule has 1 heterocycles. The molecule has 5 nitrogen and oxygen atoms in total. The summed E-state index contributed by atoms with van der Waals surface area (Å²) in [6.07, 6.45) is 0. The maximum Gasteiger partial charge on any atom is 0.300 e. The molecule has 0 aliphatic carbocycles. The van der Waals surface area contributed by atoms with Gasteiger partial charge in [0.15, 0.2) is 0 Å². The number of Topliss-reactive ketones (excluding diaryl/α,β-unsaturated/α-hetero) is 1. The van der Waals surface area contributed by atoms with Crippen molar-refractivity contribution in [1.82, 2.24) is 0 Å². The number of benzene rings is 3. The number of anilines is 1. The molecule has 1 unspecified atom stereocenters. The molecule has 4 rings (SSSR count). The summed E-state index contributed by atoms with van der Waals surface area (Å²) in [5.41, 5.74) is 3.63. The van der Waals surface area contributed by atoms with Crippen LogP contribution >= 0.6 is 11.6 Å². The molecule has 0 radical (unpaired) electrons. The number of aliphatic hydroxyl groups is 1. The number of amides is 1. The fraction of sp³-hybridized carbons (Fsp3) is 0.185. The van der Waals surface area contributed by atoms with E-state index < -0.39 is 17.7 Å². The number of hydrogen-bond donors (Lipinski definition) is 1. The standard InChI is InChI=1S/C27H24ClNO4/c1-4-33-22-15-19(11-12-20(22)28)25(30)23-24(18-8-6-5-7-9-18)29(27(32)26(23)31)21-13-10-16(2)14-17(21)3/h5-15,24,30H,4H2,1-3H3/b25-23+. The lowest BCUT2D eigenvalue weighted by molar-refractivity contribution is -0.132. The highest BCUT2D eigenvalue weighted by atomic mass is 35.5. The van der Waals surface area contributed by atoms with Gasteiger partial charge >= 0.3 is 0 Å². The van der Waals surface area contributed by atoms with E-state index in [2.05, 4.69) is 0 Å². The largest absolute Gasteiger partial charge is 0.507 e. The molecule has 0 aromatic heterocycles. The van der Waals surface area contributed by atoms with Crippen molar-refractivity contribution in [3.8, 4) is 5.75 Å². The van der Waals surface area contributed by atoms with E-state index in [0.717, 1.165) is 16.7 Å². The third-order valence-electron chi connectivity index (χ3n) is 5.68. The van der Waals surface area contributed by atoms with E-state index in [9.17, 15) is 14.7 Å². The molecule has 3 aromatic carbocycles. The van der Waals surface area contributed by atoms with Crippen LogP contribution in [0.1, 0.15) is 35.2 Å². The number of nitrogens with zero attached hydrogens (tertiary/aromatic N) is 1. The monoisotopic (exact) mass is 461 g/mol. The molecule has 1 fully saturated rings. The fourth-order valence-corrected chi connectivity index (χ4v) is 4.35. The van der Waals surface area contributed by atoms with E-state index >= 15 is 0 Å². The molecule has 1 saturated heterocycles. The van der Waals surface area contributed by atoms with Crippen LogP contribution in [0.25, 0.3) is 5.76 Å². The van der Waals surface area contributed by atoms with Gasteiger partial charge < -0.3 is 9.84 Å². The number of ether oxygens (including phenoxy) is 1. The summed E-state index contributed by atoms with van der Waals surface area (Å²) in [6, 6.07) is 18.9. The van der Waals surface area contributed by atoms with Gasteiger partial charge in [-0.3, -0.25) is 14.5 Å². The average Bonchev–Trinajstić information content (AvgIpc) is 3.06. The van der Waals surface area contributed by atoms with Gasteiger partial charge in [-0.05, 0) is 56.2 Å². The summed E-state index contributed by atoms with van der Waals surface area (Å²) in [5, 5.41) is 11.7. The Hall–Kier alpha value is -3.57. The molecule has 3 aromatic rings. The van der Waals surface area contributed by atoms with Gasteiger partial charge in [-0.1, -0.05) is 59.6 Å². The lowest BCUT2D eigenvalue weighted by Crippen LogP contribution is -2.30. The van der Waals surface area contributed by atoms with Crippen molar-refractivity contribution in [3.05, 3.63) is 99.6 Å². The topological polar surface area (TPSA) is 66.8 Å². The molecule has 1 aliphatic rings. The molecule has 1 amide bonds. The molecule has 0 saturated carbocycles. The Morgan fingerprint density at radius 3 is 2.42 bits per heavy atom. The van der Waals surface area contributed by atoms with E-state index in [-0.39, 0.29) is 11.3 Å². The van der Waals surface area contributed by atoms with Crippen molar-refractivity contribution in [2.75, 3.05) is 11.5 Å². The first-order valence-corrected chi connectivity index (χ1v) is 11.1. The number of rotatable bonds is 5. The van der Waals surface area contributed by atoms with Crippen molar-refractivity contribution >= 4 is 34.7 Å². The Kier molecular flexibility index (Phi) is 6.25. The summed E-state index contributed by atoms with van der Waals surface area (Å²) in [4.78, 5) is 28.0. The lowest BCUT2D eigenvalue weighted by atomic mass is 9.95. The van der Waals surface area contributed by atoms with E-state index in [1.165, 1.54) is 4.90 Å². The van der Waals surface area contributed by atoms with Crippen LogP contribution in [0, 0.1) is 13.8 Å². The second-order valence-corrected chi connectivity index (χ2v) is 8.36. The summed E-state index contributed by atoms with van der Waals surface area (Å²) >= 11 is 6.20. The minimum absolute atomic E-state index is 0.0240. The zero-order chi connectivity index (χ0) is 23.7. The normalized spacial score (nSPS) is 17.5. The first-order valence-electron chi connectivity index (χ1n) is 10.7. The molecule has 1 N–H and O–H groups in total. The van der Waals surface area contributed by atoms with Crippen LogP contribution in [0.4, 0.5) is 5.69 Å². The van der Waals surface area contributed by atoms with Crippen molar-refractivity contribution in [2.45, 2.75) is 26.8 Å². The smallest absolute Gasteiger partial charge is 0.300 e. The van der Waals surface area contributed by atoms with Gasteiger partial charge in [0.1, 0.15) is 11.5 Å². The molecule has 0 spiro atoms. The average molecular weight is 462 g/mol. The minimum Gasteiger partial charge on any atom is -0.507 e. The van der Waals surface area contributed by atoms with Crippen molar-refractivity contribution in [3.63, 3.8) is 0 Å². The van der Waals surface area contributed by atoms with Crippen LogP contribution in [0.5, 0.6) is 5.75 Å². The van der Waals surface area contributed by atoms with Crippen LogP contribution in [-0.2, 0) is 9.59 Å². The minimum atomic E-state index is -0.779. The quantitative estimate of drug-likeness (QED) is 0.288. The van der Waals surface area contributed by atoms with Gasteiger partial charge in [0.05, 0.1) is 23.2 Å². The SMILES string of the molecule is CCOc1cc(/C(O)=C2\C(=O)C(=O)N(c3ccc(C)cc3C)C2c2ccccc2)ccc1Cl. The zero-order valence-corrected chi connectivity index (χ0v) is 19.4. The molecule has 1 aliphatic heterocycles. The number of ketones is 1. The summed E-state index contributed by atoms with van der Waals surface area (Å²) in [7, 11) is 0. The number of aliphatic hydroxyl groups excluding tert-OH is 1. The Labute approximate surface area is 197 Å². The fourth-order valence-electron chi connectivity index (χ4n) is 4.18. The summed E-state index contributed by atoms with van der Waals surface area (Å²) in [5.74, 6) is -1.30. The summed E-state index contributed by atoms with van der Waals surface area (Å²) in [6.45, 7) is 6.09. The van der Waals surface area contributed by atoms with Crippen molar-refractivity contribution in [1.29, 1.82) is 0 Å². The molecular weight excluding hydrogens is 438 g/mol. The predicted octanol–water partition coefficient (Wildman–Crippen LogP) is 5.98.